The lowest BCUT2D eigenvalue weighted by atomic mass is 9.97. The van der Waals surface area contributed by atoms with Crippen LogP contribution in [0.1, 0.15) is 81.5 Å². The third kappa shape index (κ3) is 5.29. The quantitative estimate of drug-likeness (QED) is 0.379. The predicted molar refractivity (Wildman–Crippen MR) is 103 cm³/mol. The summed E-state index contributed by atoms with van der Waals surface area (Å²) < 4.78 is 0. The Balaban J connectivity index is 3.04. The molecule has 0 aromatic carbocycles. The topological polar surface area (TPSA) is 58.1 Å². The third-order valence-corrected chi connectivity index (χ3v) is 4.18. The van der Waals surface area contributed by atoms with Crippen molar-refractivity contribution in [3.8, 4) is 0 Å². The predicted octanol–water partition coefficient (Wildman–Crippen LogP) is 5.31. The number of nitrogens with zero attached hydrogens (tertiary/aromatic N) is 2. The third-order valence-electron chi connectivity index (χ3n) is 4.18. The number of aromatic nitrogens is 2. The second-order valence-corrected chi connectivity index (χ2v) is 6.23. The largest absolute Gasteiger partial charge is 0.294 e. The summed E-state index contributed by atoms with van der Waals surface area (Å²) in [4.78, 5) is 16.4. The summed E-state index contributed by atoms with van der Waals surface area (Å²) in [6.45, 7) is 9.76. The molecule has 4 nitrogen and oxygen atoms in total. The van der Waals surface area contributed by atoms with E-state index in [1.54, 1.807) is 14.0 Å². The Kier molecular flexibility index (Phi) is 8.37. The van der Waals surface area contributed by atoms with Crippen LogP contribution in [-0.2, 0) is 0 Å². The summed E-state index contributed by atoms with van der Waals surface area (Å²) in [6, 6.07) is 0. The second-order valence-electron chi connectivity index (χ2n) is 6.23. The van der Waals surface area contributed by atoms with Crippen molar-refractivity contribution in [1.29, 1.82) is 0 Å². The molecule has 24 heavy (non-hydrogen) atoms. The Hall–Kier alpha value is -1.97. The Morgan fingerprint density at radius 1 is 1.25 bits per heavy atom. The van der Waals surface area contributed by atoms with Gasteiger partial charge in [0, 0.05) is 12.6 Å². The molecule has 1 rings (SSSR count). The number of ketones is 1. The van der Waals surface area contributed by atoms with Crippen molar-refractivity contribution >= 4 is 17.1 Å². The molecule has 0 radical (unpaired) electrons. The number of H-pyrrole nitrogens is 1. The van der Waals surface area contributed by atoms with Gasteiger partial charge in [0.1, 0.15) is 0 Å². The van der Waals surface area contributed by atoms with Crippen molar-refractivity contribution in [3.05, 3.63) is 34.7 Å². The van der Waals surface area contributed by atoms with Crippen LogP contribution in [0.5, 0.6) is 0 Å². The molecule has 0 amide bonds. The van der Waals surface area contributed by atoms with Gasteiger partial charge < -0.3 is 0 Å². The van der Waals surface area contributed by atoms with Crippen molar-refractivity contribution in [2.45, 2.75) is 66.7 Å². The lowest BCUT2D eigenvalue weighted by Crippen LogP contribution is -2.05. The summed E-state index contributed by atoms with van der Waals surface area (Å²) in [5.41, 5.74) is 5.27. The maximum absolute atomic E-state index is 12.0. The minimum absolute atomic E-state index is 0.0197. The summed E-state index contributed by atoms with van der Waals surface area (Å²) in [5, 5.41) is 7.22. The van der Waals surface area contributed by atoms with Crippen LogP contribution in [0.3, 0.4) is 0 Å². The molecule has 0 fully saturated rings. The molecular weight excluding hydrogens is 298 g/mol. The Labute approximate surface area is 146 Å². The van der Waals surface area contributed by atoms with Gasteiger partial charge in [0.15, 0.2) is 5.78 Å². The number of carbonyl (C=O) groups excluding carboxylic acids is 1. The van der Waals surface area contributed by atoms with Crippen molar-refractivity contribution in [2.75, 3.05) is 7.05 Å². The minimum atomic E-state index is 0.0197. The SMILES string of the molecule is C/C=C(C(/C=C(\C)CCCCCC)=N/C)\c1[nH]nc(C)c1C(C)=O. The number of allylic oxidation sites excluding steroid dienone is 4. The van der Waals surface area contributed by atoms with Crippen molar-refractivity contribution in [2.24, 2.45) is 4.99 Å². The number of Topliss-reactive ketones (excluding diaryl/α,β-unsaturated/α-hetero) is 1. The van der Waals surface area contributed by atoms with Crippen LogP contribution in [0.25, 0.3) is 5.57 Å². The number of carbonyl (C=O) groups is 1. The van der Waals surface area contributed by atoms with E-state index in [0.717, 1.165) is 29.1 Å². The van der Waals surface area contributed by atoms with Gasteiger partial charge in [-0.05, 0) is 46.6 Å². The highest BCUT2D eigenvalue weighted by molar-refractivity contribution is 6.30. The molecule has 1 aromatic heterocycles. The van der Waals surface area contributed by atoms with Gasteiger partial charge in [0.25, 0.3) is 0 Å². The molecule has 0 unspecified atom stereocenters. The first kappa shape index (κ1) is 20.1. The van der Waals surface area contributed by atoms with E-state index in [2.05, 4.69) is 35.1 Å². The van der Waals surface area contributed by atoms with Gasteiger partial charge in [-0.2, -0.15) is 5.10 Å². The van der Waals surface area contributed by atoms with Crippen LogP contribution < -0.4 is 0 Å². The number of aromatic amines is 1. The molecule has 0 aliphatic carbocycles. The van der Waals surface area contributed by atoms with E-state index < -0.39 is 0 Å². The Morgan fingerprint density at radius 2 is 1.96 bits per heavy atom. The monoisotopic (exact) mass is 329 g/mol. The van der Waals surface area contributed by atoms with Crippen LogP contribution >= 0.6 is 0 Å². The number of aliphatic imine (C=N–C) groups is 1. The Bertz CT molecular complexity index is 648. The molecule has 132 valence electrons. The first-order valence-corrected chi connectivity index (χ1v) is 8.83. The molecule has 0 bridgehead atoms. The molecule has 1 heterocycles. The van der Waals surface area contributed by atoms with Gasteiger partial charge in [0.2, 0.25) is 0 Å². The van der Waals surface area contributed by atoms with E-state index >= 15 is 0 Å². The summed E-state index contributed by atoms with van der Waals surface area (Å²) in [5.74, 6) is 0.0197. The minimum Gasteiger partial charge on any atom is -0.294 e. The molecular formula is C20H31N3O. The maximum Gasteiger partial charge on any atom is 0.163 e. The van der Waals surface area contributed by atoms with Crippen molar-refractivity contribution < 1.29 is 4.79 Å². The number of nitrogens with one attached hydrogen (secondary N) is 1. The first-order valence-electron chi connectivity index (χ1n) is 8.83. The zero-order chi connectivity index (χ0) is 18.1. The van der Waals surface area contributed by atoms with Gasteiger partial charge in [-0.3, -0.25) is 14.9 Å². The number of aryl methyl sites for hydroxylation is 1. The lowest BCUT2D eigenvalue weighted by Gasteiger charge is -2.09. The van der Waals surface area contributed by atoms with Crippen molar-refractivity contribution in [3.63, 3.8) is 0 Å². The van der Waals surface area contributed by atoms with E-state index in [1.807, 2.05) is 19.9 Å². The van der Waals surface area contributed by atoms with Crippen LogP contribution in [-0.4, -0.2) is 28.7 Å². The average Bonchev–Trinajstić information content (AvgIpc) is 2.93. The van der Waals surface area contributed by atoms with Gasteiger partial charge >= 0.3 is 0 Å². The molecule has 0 spiro atoms. The molecule has 1 aromatic rings. The number of hydrogen-bond donors (Lipinski definition) is 1. The highest BCUT2D eigenvalue weighted by atomic mass is 16.1. The van der Waals surface area contributed by atoms with Crippen LogP contribution in [0.4, 0.5) is 0 Å². The zero-order valence-corrected chi connectivity index (χ0v) is 16.0. The van der Waals surface area contributed by atoms with Crippen LogP contribution in [0, 0.1) is 6.92 Å². The van der Waals surface area contributed by atoms with E-state index in [9.17, 15) is 4.79 Å². The Morgan fingerprint density at radius 3 is 2.50 bits per heavy atom. The van der Waals surface area contributed by atoms with Gasteiger partial charge in [-0.25, -0.2) is 0 Å². The van der Waals surface area contributed by atoms with E-state index in [1.165, 1.54) is 31.3 Å². The number of hydrogen-bond acceptors (Lipinski definition) is 3. The average molecular weight is 329 g/mol. The van der Waals surface area contributed by atoms with Crippen LogP contribution in [0.15, 0.2) is 22.7 Å². The normalized spacial score (nSPS) is 13.5. The highest BCUT2D eigenvalue weighted by Gasteiger charge is 2.19. The molecule has 4 heteroatoms. The molecule has 0 aliphatic heterocycles. The van der Waals surface area contributed by atoms with Gasteiger partial charge in [-0.15, -0.1) is 0 Å². The zero-order valence-electron chi connectivity index (χ0n) is 16.0. The summed E-state index contributed by atoms with van der Waals surface area (Å²) >= 11 is 0. The smallest absolute Gasteiger partial charge is 0.163 e. The number of rotatable bonds is 9. The molecule has 1 N–H and O–H groups in total. The standard InChI is InChI=1S/C20H31N3O/c1-7-9-10-11-12-14(3)13-18(21-6)17(8-2)20-19(16(5)24)15(4)22-23-20/h8,13H,7,9-12H2,1-6H3,(H,22,23)/b14-13+,17-8-,21-18+. The van der Waals surface area contributed by atoms with Gasteiger partial charge in [0.05, 0.1) is 22.7 Å². The lowest BCUT2D eigenvalue weighted by molar-refractivity contribution is 0.101. The number of unbranched alkanes of at least 4 members (excludes halogenated alkanes) is 3. The van der Waals surface area contributed by atoms with Crippen molar-refractivity contribution in [1.82, 2.24) is 10.2 Å². The first-order chi connectivity index (χ1) is 11.5. The van der Waals surface area contributed by atoms with E-state index in [0.29, 0.717) is 5.56 Å². The molecule has 0 aliphatic rings. The van der Waals surface area contributed by atoms with E-state index in [4.69, 9.17) is 0 Å². The fraction of sp³-hybridized carbons (Fsp3) is 0.550. The molecule has 0 saturated heterocycles. The van der Waals surface area contributed by atoms with Crippen LogP contribution in [0.2, 0.25) is 0 Å². The summed E-state index contributed by atoms with van der Waals surface area (Å²) in [6.07, 6.45) is 10.2. The van der Waals surface area contributed by atoms with Gasteiger partial charge in [-0.1, -0.05) is 37.8 Å². The fourth-order valence-corrected chi connectivity index (χ4v) is 2.88. The van der Waals surface area contributed by atoms with E-state index in [-0.39, 0.29) is 5.78 Å². The molecule has 0 saturated carbocycles. The second kappa shape index (κ2) is 10.0. The molecule has 0 atom stereocenters. The highest BCUT2D eigenvalue weighted by Crippen LogP contribution is 2.23. The summed E-state index contributed by atoms with van der Waals surface area (Å²) in [7, 11) is 1.79. The fourth-order valence-electron chi connectivity index (χ4n) is 2.88. The maximum atomic E-state index is 12.0.